The number of rotatable bonds is 9. The fourth-order valence-corrected chi connectivity index (χ4v) is 4.74. The molecule has 0 radical (unpaired) electrons. The van der Waals surface area contributed by atoms with Crippen LogP contribution >= 0.6 is 11.3 Å². The van der Waals surface area contributed by atoms with Gasteiger partial charge in [0.2, 0.25) is 0 Å². The van der Waals surface area contributed by atoms with Gasteiger partial charge >= 0.3 is 0 Å². The Balaban J connectivity index is 3.02. The predicted octanol–water partition coefficient (Wildman–Crippen LogP) is 0.879. The summed E-state index contributed by atoms with van der Waals surface area (Å²) >= 11 is 1.19. The van der Waals surface area contributed by atoms with E-state index < -0.39 is 10.0 Å². The van der Waals surface area contributed by atoms with Gasteiger partial charge in [-0.05, 0) is 23.9 Å². The van der Waals surface area contributed by atoms with Gasteiger partial charge in [-0.15, -0.1) is 11.3 Å². The molecule has 1 aromatic rings. The second kappa shape index (κ2) is 8.06. The first kappa shape index (κ1) is 17.5. The standard InChI is InChI=1S/C12H22N2O4S2/c1-10(8-18-3)14(4-5-17-2)20(15,16)12-6-11(7-13)9-19-12/h6,9-10H,4-5,7-8,13H2,1-3H3. The van der Waals surface area contributed by atoms with Crippen LogP contribution in [-0.4, -0.2) is 52.7 Å². The Morgan fingerprint density at radius 1 is 1.40 bits per heavy atom. The minimum absolute atomic E-state index is 0.261. The summed E-state index contributed by atoms with van der Waals surface area (Å²) < 4.78 is 37.1. The van der Waals surface area contributed by atoms with Crippen LogP contribution in [0.1, 0.15) is 12.5 Å². The predicted molar refractivity (Wildman–Crippen MR) is 79.3 cm³/mol. The normalized spacial score (nSPS) is 13.8. The lowest BCUT2D eigenvalue weighted by molar-refractivity contribution is 0.119. The lowest BCUT2D eigenvalue weighted by atomic mass is 10.3. The van der Waals surface area contributed by atoms with Crippen molar-refractivity contribution in [2.24, 2.45) is 5.73 Å². The van der Waals surface area contributed by atoms with Crippen molar-refractivity contribution in [3.63, 3.8) is 0 Å². The Bertz CT molecular complexity index is 501. The van der Waals surface area contributed by atoms with Gasteiger partial charge in [-0.2, -0.15) is 4.31 Å². The summed E-state index contributed by atoms with van der Waals surface area (Å²) in [6.45, 7) is 3.10. The van der Waals surface area contributed by atoms with E-state index in [2.05, 4.69) is 0 Å². The van der Waals surface area contributed by atoms with Crippen LogP contribution in [-0.2, 0) is 26.0 Å². The molecule has 0 fully saturated rings. The van der Waals surface area contributed by atoms with Crippen molar-refractivity contribution >= 4 is 21.4 Å². The third kappa shape index (κ3) is 4.24. The van der Waals surface area contributed by atoms with E-state index in [9.17, 15) is 8.42 Å². The molecule has 0 bridgehead atoms. The number of nitrogens with zero attached hydrogens (tertiary/aromatic N) is 1. The molecule has 0 aliphatic rings. The molecule has 1 rings (SSSR count). The quantitative estimate of drug-likeness (QED) is 0.730. The summed E-state index contributed by atoms with van der Waals surface area (Å²) in [5, 5.41) is 1.77. The summed E-state index contributed by atoms with van der Waals surface area (Å²) in [5.41, 5.74) is 6.35. The van der Waals surface area contributed by atoms with Crippen LogP contribution in [0.5, 0.6) is 0 Å². The van der Waals surface area contributed by atoms with Crippen LogP contribution in [0, 0.1) is 0 Å². The molecule has 8 heteroatoms. The first-order chi connectivity index (χ1) is 9.47. The molecule has 1 atom stereocenters. The fourth-order valence-electron chi connectivity index (χ4n) is 1.79. The highest BCUT2D eigenvalue weighted by molar-refractivity contribution is 7.91. The van der Waals surface area contributed by atoms with E-state index in [1.165, 1.54) is 15.6 Å². The summed E-state index contributed by atoms with van der Waals surface area (Å²) in [5.74, 6) is 0. The van der Waals surface area contributed by atoms with Crippen molar-refractivity contribution in [3.8, 4) is 0 Å². The van der Waals surface area contributed by atoms with Gasteiger partial charge in [0.25, 0.3) is 10.0 Å². The maximum atomic E-state index is 12.7. The molecule has 0 spiro atoms. The summed E-state index contributed by atoms with van der Waals surface area (Å²) in [6, 6.07) is 1.36. The van der Waals surface area contributed by atoms with Crippen molar-refractivity contribution < 1.29 is 17.9 Å². The SMILES string of the molecule is COCCN(C(C)COC)S(=O)(=O)c1cc(CN)cs1. The Morgan fingerprint density at radius 3 is 2.60 bits per heavy atom. The van der Waals surface area contributed by atoms with E-state index >= 15 is 0 Å². The Labute approximate surface area is 124 Å². The number of hydrogen-bond acceptors (Lipinski definition) is 6. The second-order valence-corrected chi connectivity index (χ2v) is 7.42. The highest BCUT2D eigenvalue weighted by Gasteiger charge is 2.30. The summed E-state index contributed by atoms with van der Waals surface area (Å²) in [4.78, 5) is 0. The minimum Gasteiger partial charge on any atom is -0.383 e. The first-order valence-corrected chi connectivity index (χ1v) is 8.56. The number of methoxy groups -OCH3 is 2. The fraction of sp³-hybridized carbons (Fsp3) is 0.667. The van der Waals surface area contributed by atoms with Crippen molar-refractivity contribution in [2.45, 2.75) is 23.7 Å². The highest BCUT2D eigenvalue weighted by Crippen LogP contribution is 2.25. The van der Waals surface area contributed by atoms with Crippen LogP contribution in [0.4, 0.5) is 0 Å². The van der Waals surface area contributed by atoms with Gasteiger partial charge in [0.15, 0.2) is 0 Å². The van der Waals surface area contributed by atoms with Crippen LogP contribution in [0.3, 0.4) is 0 Å². The smallest absolute Gasteiger partial charge is 0.252 e. The Morgan fingerprint density at radius 2 is 2.10 bits per heavy atom. The van der Waals surface area contributed by atoms with Crippen molar-refractivity contribution in [3.05, 3.63) is 17.0 Å². The van der Waals surface area contributed by atoms with Gasteiger partial charge in [-0.25, -0.2) is 8.42 Å². The van der Waals surface area contributed by atoms with Gasteiger partial charge < -0.3 is 15.2 Å². The molecule has 1 aromatic heterocycles. The number of hydrogen-bond donors (Lipinski definition) is 1. The van der Waals surface area contributed by atoms with Crippen molar-refractivity contribution in [1.29, 1.82) is 0 Å². The molecular formula is C12H22N2O4S2. The first-order valence-electron chi connectivity index (χ1n) is 6.24. The second-order valence-electron chi connectivity index (χ2n) is 4.39. The molecule has 0 saturated carbocycles. The van der Waals surface area contributed by atoms with Crippen LogP contribution in [0.15, 0.2) is 15.7 Å². The molecule has 0 saturated heterocycles. The zero-order valence-corrected chi connectivity index (χ0v) is 13.7. The van der Waals surface area contributed by atoms with E-state index in [4.69, 9.17) is 15.2 Å². The van der Waals surface area contributed by atoms with E-state index in [-0.39, 0.29) is 6.04 Å². The van der Waals surface area contributed by atoms with E-state index in [1.54, 1.807) is 25.7 Å². The molecule has 2 N–H and O–H groups in total. The number of sulfonamides is 1. The van der Waals surface area contributed by atoms with Crippen molar-refractivity contribution in [2.75, 3.05) is 34.0 Å². The molecule has 20 heavy (non-hydrogen) atoms. The summed E-state index contributed by atoms with van der Waals surface area (Å²) in [7, 11) is -0.452. The van der Waals surface area contributed by atoms with Crippen LogP contribution < -0.4 is 5.73 Å². The third-order valence-electron chi connectivity index (χ3n) is 2.84. The topological polar surface area (TPSA) is 81.9 Å². The largest absolute Gasteiger partial charge is 0.383 e. The zero-order chi connectivity index (χ0) is 15.2. The number of thiophene rings is 1. The molecule has 0 aliphatic heterocycles. The molecular weight excluding hydrogens is 300 g/mol. The van der Waals surface area contributed by atoms with Crippen molar-refractivity contribution in [1.82, 2.24) is 4.31 Å². The van der Waals surface area contributed by atoms with E-state index in [1.807, 2.05) is 6.92 Å². The number of nitrogens with two attached hydrogens (primary N) is 1. The lowest BCUT2D eigenvalue weighted by Crippen LogP contribution is -2.42. The molecule has 0 aromatic carbocycles. The molecule has 6 nitrogen and oxygen atoms in total. The average molecular weight is 322 g/mol. The van der Waals surface area contributed by atoms with Crippen LogP contribution in [0.25, 0.3) is 0 Å². The van der Waals surface area contributed by atoms with Gasteiger partial charge in [0.05, 0.1) is 13.2 Å². The lowest BCUT2D eigenvalue weighted by Gasteiger charge is -2.27. The molecule has 1 unspecified atom stereocenters. The molecule has 0 amide bonds. The highest BCUT2D eigenvalue weighted by atomic mass is 32.2. The summed E-state index contributed by atoms with van der Waals surface area (Å²) in [6.07, 6.45) is 0. The number of ether oxygens (including phenoxy) is 2. The maximum absolute atomic E-state index is 12.7. The maximum Gasteiger partial charge on any atom is 0.252 e. The van der Waals surface area contributed by atoms with Gasteiger partial charge in [0.1, 0.15) is 4.21 Å². The van der Waals surface area contributed by atoms with Gasteiger partial charge in [-0.3, -0.25) is 0 Å². The Hall–Kier alpha value is -0.510. The molecule has 1 heterocycles. The van der Waals surface area contributed by atoms with Crippen LogP contribution in [0.2, 0.25) is 0 Å². The minimum atomic E-state index is -3.55. The van der Waals surface area contributed by atoms with E-state index in [0.717, 1.165) is 5.56 Å². The van der Waals surface area contributed by atoms with Gasteiger partial charge in [0, 0.05) is 33.4 Å². The van der Waals surface area contributed by atoms with Gasteiger partial charge in [-0.1, -0.05) is 0 Å². The zero-order valence-electron chi connectivity index (χ0n) is 12.0. The third-order valence-corrected chi connectivity index (χ3v) is 6.32. The molecule has 116 valence electrons. The average Bonchev–Trinajstić information content (AvgIpc) is 2.88. The van der Waals surface area contributed by atoms with E-state index in [0.29, 0.717) is 30.5 Å². The monoisotopic (exact) mass is 322 g/mol. The molecule has 0 aliphatic carbocycles. The Kier molecular flexibility index (Phi) is 7.07.